The number of rotatable bonds is 4. The van der Waals surface area contributed by atoms with Crippen molar-refractivity contribution in [2.75, 3.05) is 18.6 Å². The predicted octanol–water partition coefficient (Wildman–Crippen LogP) is 6.53. The summed E-state index contributed by atoms with van der Waals surface area (Å²) in [7, 11) is 1.63. The lowest BCUT2D eigenvalue weighted by molar-refractivity contribution is -0.116. The number of benzene rings is 4. The van der Waals surface area contributed by atoms with Gasteiger partial charge in [-0.25, -0.2) is 0 Å². The Morgan fingerprint density at radius 1 is 0.818 bits per heavy atom. The maximum atomic E-state index is 13.3. The van der Waals surface area contributed by atoms with Crippen molar-refractivity contribution in [3.05, 3.63) is 113 Å². The van der Waals surface area contributed by atoms with Crippen LogP contribution in [-0.2, 0) is 4.79 Å². The average Bonchev–Trinajstić information content (AvgIpc) is 3.00. The maximum Gasteiger partial charge on any atom is 0.253 e. The second-order valence-electron chi connectivity index (χ2n) is 7.70. The van der Waals surface area contributed by atoms with Crippen LogP contribution < -0.4 is 9.64 Å². The molecule has 0 bridgehead atoms. The van der Waals surface area contributed by atoms with Crippen molar-refractivity contribution in [3.63, 3.8) is 0 Å². The van der Waals surface area contributed by atoms with Gasteiger partial charge in [0, 0.05) is 21.8 Å². The number of ether oxygens (including phenoxy) is 1. The van der Waals surface area contributed by atoms with E-state index in [0.717, 1.165) is 45.1 Å². The number of aliphatic imine (C=N–C) groups is 1. The van der Waals surface area contributed by atoms with E-state index in [0.29, 0.717) is 5.02 Å². The molecule has 0 atom stereocenters. The fourth-order valence-electron chi connectivity index (χ4n) is 4.04. The summed E-state index contributed by atoms with van der Waals surface area (Å²) in [5.41, 5.74) is 6.20. The number of halogens is 1. The van der Waals surface area contributed by atoms with Crippen LogP contribution in [0.2, 0.25) is 5.02 Å². The zero-order valence-corrected chi connectivity index (χ0v) is 18.8. The minimum absolute atomic E-state index is 0.0358. The molecular weight excluding hydrogens is 432 g/mol. The summed E-state index contributed by atoms with van der Waals surface area (Å²) >= 11 is 6.37. The molecule has 0 fully saturated rings. The van der Waals surface area contributed by atoms with E-state index >= 15 is 0 Å². The minimum atomic E-state index is -0.102. The minimum Gasteiger partial charge on any atom is -0.497 e. The van der Waals surface area contributed by atoms with Crippen molar-refractivity contribution in [3.8, 4) is 16.9 Å². The summed E-state index contributed by atoms with van der Waals surface area (Å²) in [6.07, 6.45) is 0. The molecule has 0 aliphatic carbocycles. The van der Waals surface area contributed by atoms with Crippen LogP contribution in [-0.4, -0.2) is 25.3 Å². The second kappa shape index (κ2) is 8.93. The lowest BCUT2D eigenvalue weighted by Gasteiger charge is -2.24. The van der Waals surface area contributed by atoms with Crippen LogP contribution in [0.3, 0.4) is 0 Å². The normalized spacial score (nSPS) is 13.2. The molecule has 0 radical (unpaired) electrons. The van der Waals surface area contributed by atoms with Crippen LogP contribution in [0.5, 0.6) is 5.75 Å². The van der Waals surface area contributed by atoms with Crippen molar-refractivity contribution in [1.29, 1.82) is 0 Å². The molecule has 0 aromatic heterocycles. The molecule has 4 aromatic carbocycles. The molecule has 0 saturated carbocycles. The van der Waals surface area contributed by atoms with E-state index in [1.807, 2.05) is 78.9 Å². The number of hydrogen-bond donors (Lipinski definition) is 0. The van der Waals surface area contributed by atoms with Crippen LogP contribution in [0.1, 0.15) is 11.1 Å². The molecule has 5 rings (SSSR count). The summed E-state index contributed by atoms with van der Waals surface area (Å²) in [6.45, 7) is 0.0358. The molecule has 5 heteroatoms. The Morgan fingerprint density at radius 2 is 1.48 bits per heavy atom. The maximum absolute atomic E-state index is 13.3. The average molecular weight is 453 g/mol. The molecule has 4 aromatic rings. The molecule has 1 aliphatic heterocycles. The molecular formula is C28H21ClN2O2. The van der Waals surface area contributed by atoms with E-state index in [4.69, 9.17) is 16.3 Å². The molecule has 0 saturated heterocycles. The zero-order valence-electron chi connectivity index (χ0n) is 18.0. The molecule has 4 nitrogen and oxygen atoms in total. The first-order valence-electron chi connectivity index (χ1n) is 10.6. The Balaban J connectivity index is 1.58. The van der Waals surface area contributed by atoms with Gasteiger partial charge in [-0.15, -0.1) is 0 Å². The highest BCUT2D eigenvalue weighted by molar-refractivity contribution is 6.32. The molecule has 162 valence electrons. The van der Waals surface area contributed by atoms with Crippen LogP contribution in [0.15, 0.2) is 102 Å². The van der Waals surface area contributed by atoms with Gasteiger partial charge in [0.05, 0.1) is 18.5 Å². The third kappa shape index (κ3) is 4.13. The number of carbonyl (C=O) groups excluding carboxylic acids is 1. The highest BCUT2D eigenvalue weighted by Crippen LogP contribution is 2.35. The second-order valence-corrected chi connectivity index (χ2v) is 8.13. The molecule has 0 spiro atoms. The smallest absolute Gasteiger partial charge is 0.253 e. The van der Waals surface area contributed by atoms with Crippen molar-refractivity contribution >= 4 is 34.6 Å². The van der Waals surface area contributed by atoms with Crippen LogP contribution >= 0.6 is 11.6 Å². The van der Waals surface area contributed by atoms with Crippen LogP contribution in [0, 0.1) is 0 Å². The first kappa shape index (κ1) is 21.0. The molecule has 1 amide bonds. The summed E-state index contributed by atoms with van der Waals surface area (Å²) in [5, 5.41) is 0.587. The standard InChI is InChI=1S/C28H21ClN2O2/c1-33-24-14-9-21(10-15-24)28-25-17-22(29)11-16-26(25)31(27(32)18-30-28)23-12-7-20(8-13-23)19-5-3-2-4-6-19/h2-17H,18H2,1H3. The van der Waals surface area contributed by atoms with E-state index < -0.39 is 0 Å². The Hall–Kier alpha value is -3.89. The Labute approximate surface area is 197 Å². The fraction of sp³-hybridized carbons (Fsp3) is 0.0714. The van der Waals surface area contributed by atoms with Gasteiger partial charge >= 0.3 is 0 Å². The third-order valence-electron chi connectivity index (χ3n) is 5.67. The highest BCUT2D eigenvalue weighted by Gasteiger charge is 2.26. The molecule has 33 heavy (non-hydrogen) atoms. The Kier molecular flexibility index (Phi) is 5.68. The number of fused-ring (bicyclic) bond motifs is 1. The lowest BCUT2D eigenvalue weighted by atomic mass is 9.99. The van der Waals surface area contributed by atoms with Crippen molar-refractivity contribution in [2.45, 2.75) is 0 Å². The SMILES string of the molecule is COc1ccc(C2=NCC(=O)N(c3ccc(-c4ccccc4)cc3)c3ccc(Cl)cc32)cc1. The van der Waals surface area contributed by atoms with Gasteiger partial charge in [0.1, 0.15) is 12.3 Å². The number of hydrogen-bond acceptors (Lipinski definition) is 3. The van der Waals surface area contributed by atoms with Gasteiger partial charge in [0.15, 0.2) is 0 Å². The summed E-state index contributed by atoms with van der Waals surface area (Å²) in [6, 6.07) is 31.4. The topological polar surface area (TPSA) is 41.9 Å². The van der Waals surface area contributed by atoms with E-state index in [9.17, 15) is 4.79 Å². The van der Waals surface area contributed by atoms with E-state index in [1.54, 1.807) is 18.1 Å². The van der Waals surface area contributed by atoms with Crippen LogP contribution in [0.4, 0.5) is 11.4 Å². The van der Waals surface area contributed by atoms with Crippen molar-refractivity contribution < 1.29 is 9.53 Å². The number of methoxy groups -OCH3 is 1. The first-order chi connectivity index (χ1) is 16.1. The number of carbonyl (C=O) groups is 1. The molecule has 0 unspecified atom stereocenters. The summed E-state index contributed by atoms with van der Waals surface area (Å²) < 4.78 is 5.28. The lowest BCUT2D eigenvalue weighted by Crippen LogP contribution is -2.27. The predicted molar refractivity (Wildman–Crippen MR) is 134 cm³/mol. The van der Waals surface area contributed by atoms with E-state index in [2.05, 4.69) is 17.1 Å². The van der Waals surface area contributed by atoms with Crippen LogP contribution in [0.25, 0.3) is 11.1 Å². The van der Waals surface area contributed by atoms with Gasteiger partial charge in [-0.2, -0.15) is 0 Å². The van der Waals surface area contributed by atoms with Gasteiger partial charge in [-0.1, -0.05) is 54.1 Å². The quantitative estimate of drug-likeness (QED) is 0.353. The third-order valence-corrected chi connectivity index (χ3v) is 5.91. The summed E-state index contributed by atoms with van der Waals surface area (Å²) in [4.78, 5) is 19.7. The number of amides is 1. The molecule has 1 heterocycles. The Morgan fingerprint density at radius 3 is 2.18 bits per heavy atom. The van der Waals surface area contributed by atoms with Gasteiger partial charge < -0.3 is 4.74 Å². The fourth-order valence-corrected chi connectivity index (χ4v) is 4.21. The zero-order chi connectivity index (χ0) is 22.8. The molecule has 1 aliphatic rings. The largest absolute Gasteiger partial charge is 0.497 e. The molecule has 0 N–H and O–H groups in total. The monoisotopic (exact) mass is 452 g/mol. The van der Waals surface area contributed by atoms with Crippen molar-refractivity contribution in [2.24, 2.45) is 4.99 Å². The van der Waals surface area contributed by atoms with Gasteiger partial charge in [-0.05, 0) is 65.7 Å². The van der Waals surface area contributed by atoms with Gasteiger partial charge in [0.25, 0.3) is 5.91 Å². The van der Waals surface area contributed by atoms with E-state index in [-0.39, 0.29) is 12.5 Å². The number of benzodiazepines with no additional fused rings is 1. The van der Waals surface area contributed by atoms with E-state index in [1.165, 1.54) is 0 Å². The summed E-state index contributed by atoms with van der Waals surface area (Å²) in [5.74, 6) is 0.657. The van der Waals surface area contributed by atoms with Gasteiger partial charge in [0.2, 0.25) is 0 Å². The number of anilines is 2. The first-order valence-corrected chi connectivity index (χ1v) is 11.0. The van der Waals surface area contributed by atoms with Gasteiger partial charge in [-0.3, -0.25) is 14.7 Å². The highest BCUT2D eigenvalue weighted by atomic mass is 35.5. The van der Waals surface area contributed by atoms with Crippen molar-refractivity contribution in [1.82, 2.24) is 0 Å². The Bertz CT molecular complexity index is 1330. The number of nitrogens with zero attached hydrogens (tertiary/aromatic N) is 2.